The van der Waals surface area contributed by atoms with Gasteiger partial charge < -0.3 is 14.7 Å². The minimum Gasteiger partial charge on any atom is -0.508 e. The molecule has 5 nitrogen and oxygen atoms in total. The van der Waals surface area contributed by atoms with Gasteiger partial charge in [-0.3, -0.25) is 4.79 Å². The van der Waals surface area contributed by atoms with E-state index < -0.39 is 5.97 Å². The van der Waals surface area contributed by atoms with Crippen molar-refractivity contribution in [2.75, 3.05) is 13.1 Å². The SMILES string of the molecule is C=C(C)C(=O)OC1CCN(C(=O)CCc2ccccc2O)C1. The first-order valence-corrected chi connectivity index (χ1v) is 7.38. The summed E-state index contributed by atoms with van der Waals surface area (Å²) < 4.78 is 5.26. The van der Waals surface area contributed by atoms with Crippen LogP contribution in [0.2, 0.25) is 0 Å². The predicted molar refractivity (Wildman–Crippen MR) is 82.3 cm³/mol. The predicted octanol–water partition coefficient (Wildman–Crippen LogP) is 2.04. The molecule has 0 saturated carbocycles. The zero-order valence-corrected chi connectivity index (χ0v) is 12.7. The smallest absolute Gasteiger partial charge is 0.333 e. The van der Waals surface area contributed by atoms with E-state index in [1.54, 1.807) is 24.0 Å². The summed E-state index contributed by atoms with van der Waals surface area (Å²) in [7, 11) is 0. The fourth-order valence-electron chi connectivity index (χ4n) is 2.42. The van der Waals surface area contributed by atoms with E-state index in [2.05, 4.69) is 6.58 Å². The van der Waals surface area contributed by atoms with Gasteiger partial charge in [0.15, 0.2) is 0 Å². The van der Waals surface area contributed by atoms with Gasteiger partial charge in [-0.2, -0.15) is 0 Å². The molecule has 2 rings (SSSR count). The standard InChI is InChI=1S/C17H21NO4/c1-12(2)17(21)22-14-9-10-18(11-14)16(20)8-7-13-5-3-4-6-15(13)19/h3-6,14,19H,1,7-11H2,2H3. The van der Waals surface area contributed by atoms with Crippen LogP contribution >= 0.6 is 0 Å². The van der Waals surface area contributed by atoms with Crippen molar-refractivity contribution in [1.82, 2.24) is 4.90 Å². The number of esters is 1. The van der Waals surface area contributed by atoms with Gasteiger partial charge in [-0.05, 0) is 25.0 Å². The molecule has 1 aromatic rings. The van der Waals surface area contributed by atoms with Crippen LogP contribution in [0.15, 0.2) is 36.4 Å². The van der Waals surface area contributed by atoms with E-state index in [-0.39, 0.29) is 17.8 Å². The van der Waals surface area contributed by atoms with E-state index in [1.807, 2.05) is 12.1 Å². The van der Waals surface area contributed by atoms with Crippen LogP contribution in [0.5, 0.6) is 5.75 Å². The quantitative estimate of drug-likeness (QED) is 0.668. The lowest BCUT2D eigenvalue weighted by molar-refractivity contribution is -0.144. The Hall–Kier alpha value is -2.30. The molecule has 1 aliphatic heterocycles. The third kappa shape index (κ3) is 4.10. The summed E-state index contributed by atoms with van der Waals surface area (Å²) in [4.78, 5) is 25.4. The second-order valence-electron chi connectivity index (χ2n) is 5.56. The average molecular weight is 303 g/mol. The third-order valence-electron chi connectivity index (χ3n) is 3.72. The van der Waals surface area contributed by atoms with E-state index in [1.165, 1.54) is 0 Å². The highest BCUT2D eigenvalue weighted by atomic mass is 16.5. The minimum absolute atomic E-state index is 0.0112. The maximum absolute atomic E-state index is 12.2. The molecule has 1 amide bonds. The third-order valence-corrected chi connectivity index (χ3v) is 3.72. The summed E-state index contributed by atoms with van der Waals surface area (Å²) in [5.41, 5.74) is 1.13. The largest absolute Gasteiger partial charge is 0.508 e. The first-order valence-electron chi connectivity index (χ1n) is 7.38. The van der Waals surface area contributed by atoms with Crippen LogP contribution in [0.1, 0.15) is 25.3 Å². The molecule has 0 bridgehead atoms. The molecular weight excluding hydrogens is 282 g/mol. The number of phenols is 1. The van der Waals surface area contributed by atoms with E-state index in [0.29, 0.717) is 37.9 Å². The lowest BCUT2D eigenvalue weighted by Crippen LogP contribution is -2.31. The number of carbonyl (C=O) groups excluding carboxylic acids is 2. The number of amides is 1. The number of ether oxygens (including phenoxy) is 1. The fourth-order valence-corrected chi connectivity index (χ4v) is 2.42. The number of rotatable bonds is 5. The van der Waals surface area contributed by atoms with Gasteiger partial charge in [0.2, 0.25) is 5.91 Å². The number of hydrogen-bond donors (Lipinski definition) is 1. The van der Waals surface area contributed by atoms with Gasteiger partial charge in [0.05, 0.1) is 6.54 Å². The number of aromatic hydroxyl groups is 1. The van der Waals surface area contributed by atoms with Crippen molar-refractivity contribution in [3.05, 3.63) is 42.0 Å². The summed E-state index contributed by atoms with van der Waals surface area (Å²) >= 11 is 0. The Bertz CT molecular complexity index is 582. The Morgan fingerprint density at radius 2 is 2.14 bits per heavy atom. The highest BCUT2D eigenvalue weighted by molar-refractivity contribution is 5.87. The lowest BCUT2D eigenvalue weighted by atomic mass is 10.1. The zero-order chi connectivity index (χ0) is 16.1. The van der Waals surface area contributed by atoms with Gasteiger partial charge in [-0.25, -0.2) is 4.79 Å². The van der Waals surface area contributed by atoms with E-state index in [9.17, 15) is 14.7 Å². The summed E-state index contributed by atoms with van der Waals surface area (Å²) in [5.74, 6) is -0.185. The molecule has 1 atom stereocenters. The van der Waals surface area contributed by atoms with Gasteiger partial charge in [-0.1, -0.05) is 24.8 Å². The zero-order valence-electron chi connectivity index (χ0n) is 12.7. The molecule has 5 heteroatoms. The second-order valence-corrected chi connectivity index (χ2v) is 5.56. The number of aryl methyl sites for hydroxylation is 1. The second kappa shape index (κ2) is 7.11. The van der Waals surface area contributed by atoms with E-state index in [0.717, 1.165) is 5.56 Å². The lowest BCUT2D eigenvalue weighted by Gasteiger charge is -2.17. The number of benzene rings is 1. The van der Waals surface area contributed by atoms with Crippen molar-refractivity contribution in [2.45, 2.75) is 32.3 Å². The number of nitrogens with zero attached hydrogens (tertiary/aromatic N) is 1. The molecule has 22 heavy (non-hydrogen) atoms. The molecule has 0 radical (unpaired) electrons. The topological polar surface area (TPSA) is 66.8 Å². The maximum Gasteiger partial charge on any atom is 0.333 e. The number of hydrogen-bond acceptors (Lipinski definition) is 4. The molecule has 0 aliphatic carbocycles. The van der Waals surface area contributed by atoms with Gasteiger partial charge in [0, 0.05) is 25.0 Å². The number of likely N-dealkylation sites (tertiary alicyclic amines) is 1. The molecular formula is C17H21NO4. The Morgan fingerprint density at radius 3 is 2.82 bits per heavy atom. The Balaban J connectivity index is 1.81. The van der Waals surface area contributed by atoms with Crippen LogP contribution in [0, 0.1) is 0 Å². The molecule has 1 fully saturated rings. The molecule has 1 heterocycles. The molecule has 0 spiro atoms. The molecule has 118 valence electrons. The van der Waals surface area contributed by atoms with Crippen molar-refractivity contribution in [3.8, 4) is 5.75 Å². The highest BCUT2D eigenvalue weighted by Crippen LogP contribution is 2.19. The average Bonchev–Trinajstić information content (AvgIpc) is 2.94. The monoisotopic (exact) mass is 303 g/mol. The molecule has 0 aromatic heterocycles. The summed E-state index contributed by atoms with van der Waals surface area (Å²) in [6.45, 7) is 6.17. The Kier molecular flexibility index (Phi) is 5.20. The molecule has 1 aromatic carbocycles. The van der Waals surface area contributed by atoms with Crippen LogP contribution in [0.4, 0.5) is 0 Å². The van der Waals surface area contributed by atoms with Gasteiger partial charge in [0.25, 0.3) is 0 Å². The van der Waals surface area contributed by atoms with Crippen molar-refractivity contribution >= 4 is 11.9 Å². The molecule has 1 unspecified atom stereocenters. The highest BCUT2D eigenvalue weighted by Gasteiger charge is 2.28. The van der Waals surface area contributed by atoms with Crippen LogP contribution in [-0.4, -0.2) is 41.1 Å². The van der Waals surface area contributed by atoms with Gasteiger partial charge in [-0.15, -0.1) is 0 Å². The van der Waals surface area contributed by atoms with E-state index >= 15 is 0 Å². The number of phenolic OH excluding ortho intramolecular Hbond substituents is 1. The molecule has 1 aliphatic rings. The first kappa shape index (κ1) is 16.1. The van der Waals surface area contributed by atoms with Crippen molar-refractivity contribution < 1.29 is 19.4 Å². The van der Waals surface area contributed by atoms with Gasteiger partial charge >= 0.3 is 5.97 Å². The van der Waals surface area contributed by atoms with E-state index in [4.69, 9.17) is 4.74 Å². The summed E-state index contributed by atoms with van der Waals surface area (Å²) in [6, 6.07) is 7.01. The fraction of sp³-hybridized carbons (Fsp3) is 0.412. The van der Waals surface area contributed by atoms with Crippen LogP contribution in [-0.2, 0) is 20.7 Å². The van der Waals surface area contributed by atoms with Crippen molar-refractivity contribution in [2.24, 2.45) is 0 Å². The maximum atomic E-state index is 12.2. The number of para-hydroxylation sites is 1. The van der Waals surface area contributed by atoms with Crippen LogP contribution < -0.4 is 0 Å². The first-order chi connectivity index (χ1) is 10.5. The van der Waals surface area contributed by atoms with Gasteiger partial charge in [0.1, 0.15) is 11.9 Å². The van der Waals surface area contributed by atoms with Crippen molar-refractivity contribution in [3.63, 3.8) is 0 Å². The Morgan fingerprint density at radius 1 is 1.41 bits per heavy atom. The molecule has 1 N–H and O–H groups in total. The Labute approximate surface area is 130 Å². The number of carbonyl (C=O) groups is 2. The normalized spacial score (nSPS) is 17.3. The summed E-state index contributed by atoms with van der Waals surface area (Å²) in [6.07, 6.45) is 1.23. The molecule has 1 saturated heterocycles. The van der Waals surface area contributed by atoms with Crippen molar-refractivity contribution in [1.29, 1.82) is 0 Å². The van der Waals surface area contributed by atoms with Crippen LogP contribution in [0.3, 0.4) is 0 Å². The summed E-state index contributed by atoms with van der Waals surface area (Å²) in [5, 5.41) is 9.69. The minimum atomic E-state index is -0.409. The van der Waals surface area contributed by atoms with Crippen LogP contribution in [0.25, 0.3) is 0 Å².